The van der Waals surface area contributed by atoms with Crippen LogP contribution in [-0.2, 0) is 9.53 Å². The summed E-state index contributed by atoms with van der Waals surface area (Å²) < 4.78 is 5.44. The molecule has 0 unspecified atom stereocenters. The molecule has 1 N–H and O–H groups in total. The molecule has 1 aliphatic heterocycles. The van der Waals surface area contributed by atoms with E-state index in [0.29, 0.717) is 5.82 Å². The summed E-state index contributed by atoms with van der Waals surface area (Å²) >= 11 is 0. The van der Waals surface area contributed by atoms with Crippen molar-refractivity contribution in [1.82, 2.24) is 9.97 Å². The van der Waals surface area contributed by atoms with Crippen LogP contribution in [0.3, 0.4) is 0 Å². The van der Waals surface area contributed by atoms with Crippen molar-refractivity contribution in [3.8, 4) is 0 Å². The molecule has 1 amide bonds. The number of rotatable bonds is 2. The quantitative estimate of drug-likeness (QED) is 0.785. The Morgan fingerprint density at radius 3 is 3.00 bits per heavy atom. The molecule has 2 rings (SSSR count). The zero-order valence-electron chi connectivity index (χ0n) is 8.51. The fourth-order valence-corrected chi connectivity index (χ4v) is 1.57. The number of amides is 1. The van der Waals surface area contributed by atoms with Gasteiger partial charge in [0.1, 0.15) is 6.10 Å². The molecule has 0 aromatic carbocycles. The van der Waals surface area contributed by atoms with Gasteiger partial charge in [-0.2, -0.15) is 0 Å². The minimum atomic E-state index is -0.345. The van der Waals surface area contributed by atoms with E-state index in [0.717, 1.165) is 12.8 Å². The molecular weight excluding hydrogens is 194 g/mol. The van der Waals surface area contributed by atoms with Gasteiger partial charge in [0.05, 0.1) is 12.3 Å². The molecule has 5 nitrogen and oxygen atoms in total. The monoisotopic (exact) mass is 207 g/mol. The van der Waals surface area contributed by atoms with E-state index in [-0.39, 0.29) is 18.1 Å². The first-order valence-corrected chi connectivity index (χ1v) is 4.98. The number of ether oxygens (including phenoxy) is 1. The Labute approximate surface area is 87.9 Å². The summed E-state index contributed by atoms with van der Waals surface area (Å²) in [6, 6.07) is 0. The highest BCUT2D eigenvalue weighted by atomic mass is 16.5. The van der Waals surface area contributed by atoms with Crippen LogP contribution in [-0.4, -0.2) is 28.1 Å². The molecule has 1 aromatic heterocycles. The van der Waals surface area contributed by atoms with Crippen LogP contribution in [0.4, 0.5) is 5.82 Å². The molecule has 1 aromatic rings. The second-order valence-corrected chi connectivity index (χ2v) is 3.59. The maximum atomic E-state index is 11.7. The van der Waals surface area contributed by atoms with Crippen LogP contribution in [0.25, 0.3) is 0 Å². The van der Waals surface area contributed by atoms with Gasteiger partial charge in [-0.15, -0.1) is 0 Å². The van der Waals surface area contributed by atoms with Crippen molar-refractivity contribution in [2.75, 3.05) is 5.32 Å². The molecule has 1 aliphatic rings. The van der Waals surface area contributed by atoms with Gasteiger partial charge in [0.2, 0.25) is 0 Å². The van der Waals surface area contributed by atoms with Crippen molar-refractivity contribution >= 4 is 11.7 Å². The third-order valence-corrected chi connectivity index (χ3v) is 2.34. The number of nitrogens with zero attached hydrogens (tertiary/aromatic N) is 2. The third-order valence-electron chi connectivity index (χ3n) is 2.34. The standard InChI is InChI=1S/C10H13N3O2/c1-7-2-3-8(15-7)10(14)13-9-6-11-4-5-12-9/h4-8H,2-3H2,1H3,(H,12,13,14)/t7-,8-/m0/s1. The Balaban J connectivity index is 1.93. The lowest BCUT2D eigenvalue weighted by atomic mass is 10.2. The van der Waals surface area contributed by atoms with Crippen LogP contribution in [0.5, 0.6) is 0 Å². The number of hydrogen-bond donors (Lipinski definition) is 1. The van der Waals surface area contributed by atoms with E-state index >= 15 is 0 Å². The van der Waals surface area contributed by atoms with E-state index < -0.39 is 0 Å². The molecule has 0 radical (unpaired) electrons. The number of carbonyl (C=O) groups excluding carboxylic acids is 1. The Morgan fingerprint density at radius 1 is 1.53 bits per heavy atom. The van der Waals surface area contributed by atoms with E-state index in [4.69, 9.17) is 4.74 Å². The average molecular weight is 207 g/mol. The summed E-state index contributed by atoms with van der Waals surface area (Å²) in [7, 11) is 0. The topological polar surface area (TPSA) is 64.1 Å². The van der Waals surface area contributed by atoms with Gasteiger partial charge < -0.3 is 10.1 Å². The number of hydrogen-bond acceptors (Lipinski definition) is 4. The molecule has 2 atom stereocenters. The lowest BCUT2D eigenvalue weighted by Gasteiger charge is -2.10. The summed E-state index contributed by atoms with van der Waals surface area (Å²) in [6.45, 7) is 1.97. The maximum Gasteiger partial charge on any atom is 0.254 e. The van der Waals surface area contributed by atoms with Crippen LogP contribution in [0.15, 0.2) is 18.6 Å². The van der Waals surface area contributed by atoms with E-state index in [1.54, 1.807) is 6.20 Å². The van der Waals surface area contributed by atoms with Gasteiger partial charge >= 0.3 is 0 Å². The van der Waals surface area contributed by atoms with E-state index in [9.17, 15) is 4.79 Å². The SMILES string of the molecule is C[C@H]1CC[C@@H](C(=O)Nc2cnccn2)O1. The maximum absolute atomic E-state index is 11.7. The Bertz CT molecular complexity index is 342. The molecular formula is C10H13N3O2. The summed E-state index contributed by atoms with van der Waals surface area (Å²) in [6.07, 6.45) is 6.13. The molecule has 0 saturated carbocycles. The van der Waals surface area contributed by atoms with Gasteiger partial charge in [0.25, 0.3) is 5.91 Å². The van der Waals surface area contributed by atoms with Crippen LogP contribution >= 0.6 is 0 Å². The summed E-state index contributed by atoms with van der Waals surface area (Å²) in [5.74, 6) is 0.325. The molecule has 0 aliphatic carbocycles. The zero-order chi connectivity index (χ0) is 10.7. The minimum Gasteiger partial charge on any atom is -0.365 e. The predicted octanol–water partition coefficient (Wildman–Crippen LogP) is 0.983. The molecule has 15 heavy (non-hydrogen) atoms. The fraction of sp³-hybridized carbons (Fsp3) is 0.500. The van der Waals surface area contributed by atoms with E-state index in [2.05, 4.69) is 15.3 Å². The van der Waals surface area contributed by atoms with Gasteiger partial charge in [-0.1, -0.05) is 0 Å². The van der Waals surface area contributed by atoms with Crippen molar-refractivity contribution < 1.29 is 9.53 Å². The molecule has 1 saturated heterocycles. The highest BCUT2D eigenvalue weighted by Crippen LogP contribution is 2.19. The molecule has 2 heterocycles. The van der Waals surface area contributed by atoms with Crippen molar-refractivity contribution in [2.45, 2.75) is 32.0 Å². The van der Waals surface area contributed by atoms with Gasteiger partial charge in [-0.05, 0) is 19.8 Å². The normalized spacial score (nSPS) is 25.1. The second kappa shape index (κ2) is 4.35. The van der Waals surface area contributed by atoms with Crippen LogP contribution in [0.2, 0.25) is 0 Å². The zero-order valence-corrected chi connectivity index (χ0v) is 8.51. The molecule has 0 bridgehead atoms. The van der Waals surface area contributed by atoms with E-state index in [1.807, 2.05) is 6.92 Å². The summed E-state index contributed by atoms with van der Waals surface area (Å²) in [5, 5.41) is 2.67. The molecule has 1 fully saturated rings. The number of anilines is 1. The van der Waals surface area contributed by atoms with Crippen molar-refractivity contribution in [3.05, 3.63) is 18.6 Å². The first-order valence-electron chi connectivity index (χ1n) is 4.98. The summed E-state index contributed by atoms with van der Waals surface area (Å²) in [4.78, 5) is 19.5. The number of aromatic nitrogens is 2. The largest absolute Gasteiger partial charge is 0.365 e. The molecule has 80 valence electrons. The van der Waals surface area contributed by atoms with Gasteiger partial charge in [-0.3, -0.25) is 9.78 Å². The van der Waals surface area contributed by atoms with Gasteiger partial charge in [0.15, 0.2) is 5.82 Å². The first-order chi connectivity index (χ1) is 7.25. The molecule has 5 heteroatoms. The lowest BCUT2D eigenvalue weighted by Crippen LogP contribution is -2.28. The summed E-state index contributed by atoms with van der Waals surface area (Å²) in [5.41, 5.74) is 0. The number of nitrogens with one attached hydrogen (secondary N) is 1. The van der Waals surface area contributed by atoms with Crippen molar-refractivity contribution in [1.29, 1.82) is 0 Å². The average Bonchev–Trinajstić information content (AvgIpc) is 2.66. The van der Waals surface area contributed by atoms with Crippen LogP contribution < -0.4 is 5.32 Å². The van der Waals surface area contributed by atoms with Gasteiger partial charge in [0, 0.05) is 12.4 Å². The Hall–Kier alpha value is -1.49. The smallest absolute Gasteiger partial charge is 0.254 e. The second-order valence-electron chi connectivity index (χ2n) is 3.59. The van der Waals surface area contributed by atoms with E-state index in [1.165, 1.54) is 12.4 Å². The van der Waals surface area contributed by atoms with Crippen LogP contribution in [0, 0.1) is 0 Å². The van der Waals surface area contributed by atoms with Crippen molar-refractivity contribution in [3.63, 3.8) is 0 Å². The Morgan fingerprint density at radius 2 is 2.40 bits per heavy atom. The van der Waals surface area contributed by atoms with Crippen LogP contribution in [0.1, 0.15) is 19.8 Å². The fourth-order valence-electron chi connectivity index (χ4n) is 1.57. The van der Waals surface area contributed by atoms with Gasteiger partial charge in [-0.25, -0.2) is 4.98 Å². The first kappa shape index (κ1) is 10.0. The highest BCUT2D eigenvalue weighted by Gasteiger charge is 2.28. The minimum absolute atomic E-state index is 0.139. The third kappa shape index (κ3) is 2.50. The lowest BCUT2D eigenvalue weighted by molar-refractivity contribution is -0.126. The highest BCUT2D eigenvalue weighted by molar-refractivity contribution is 5.93. The predicted molar refractivity (Wildman–Crippen MR) is 54.2 cm³/mol. The number of carbonyl (C=O) groups is 1. The Kier molecular flexibility index (Phi) is 2.91. The van der Waals surface area contributed by atoms with Crippen molar-refractivity contribution in [2.24, 2.45) is 0 Å². The molecule has 0 spiro atoms.